The topological polar surface area (TPSA) is 199 Å². The Labute approximate surface area is 113 Å². The molecule has 0 aromatic rings. The van der Waals surface area contributed by atoms with Gasteiger partial charge in [-0.1, -0.05) is 0 Å². The van der Waals surface area contributed by atoms with Crippen LogP contribution < -0.4 is 29.6 Å². The van der Waals surface area contributed by atoms with Crippen molar-refractivity contribution < 1.29 is 44.8 Å². The molecule has 0 aromatic carbocycles. The van der Waals surface area contributed by atoms with Crippen molar-refractivity contribution in [3.8, 4) is 0 Å². The van der Waals surface area contributed by atoms with E-state index in [1.165, 1.54) is 0 Å². The minimum Gasteiger partial charge on any atom is -0.356 e. The van der Waals surface area contributed by atoms with Crippen molar-refractivity contribution >= 4 is 23.1 Å². The van der Waals surface area contributed by atoms with E-state index in [9.17, 15) is 0 Å². The summed E-state index contributed by atoms with van der Waals surface area (Å²) in [4.78, 5) is 24.8. The molecule has 14 heteroatoms. The molecule has 0 amide bonds. The summed E-state index contributed by atoms with van der Waals surface area (Å²) in [5, 5.41) is 44.2. The summed E-state index contributed by atoms with van der Waals surface area (Å²) in [5.41, 5.74) is 0. The summed E-state index contributed by atoms with van der Waals surface area (Å²) in [6.45, 7) is 0. The molecule has 0 spiro atoms. The van der Waals surface area contributed by atoms with Gasteiger partial charge in [0.05, 0.1) is 15.3 Å². The fraction of sp³-hybridized carbons (Fsp3) is 0. The van der Waals surface area contributed by atoms with Gasteiger partial charge >= 0.3 is 52.6 Å². The molecule has 0 heterocycles. The minimum absolute atomic E-state index is 0. The molecule has 12 nitrogen and oxygen atoms in total. The van der Waals surface area contributed by atoms with Gasteiger partial charge in [0.1, 0.15) is 0 Å². The first-order valence-corrected chi connectivity index (χ1v) is 1.64. The van der Waals surface area contributed by atoms with E-state index in [0.717, 1.165) is 0 Å². The van der Waals surface area contributed by atoms with E-state index in [0.29, 0.717) is 0 Å². The molecule has 0 bridgehead atoms. The van der Waals surface area contributed by atoms with Crippen LogP contribution in [-0.2, 0) is 0 Å². The molecular weight excluding hydrogens is 233 g/mol. The zero-order valence-corrected chi connectivity index (χ0v) is 10.1. The number of nitrogens with zero attached hydrogens (tertiary/aromatic N) is 3. The molecule has 0 aliphatic heterocycles. The van der Waals surface area contributed by atoms with Crippen LogP contribution >= 0.6 is 0 Å². The van der Waals surface area contributed by atoms with Crippen molar-refractivity contribution in [2.45, 2.75) is 0 Å². The fourth-order valence-corrected chi connectivity index (χ4v) is 0. The van der Waals surface area contributed by atoms with Crippen LogP contribution in [0.4, 0.5) is 0 Å². The second-order valence-corrected chi connectivity index (χ2v) is 0.671. The van der Waals surface area contributed by atoms with Gasteiger partial charge in [-0.25, -0.2) is 0 Å². The molecule has 14 heavy (non-hydrogen) atoms. The van der Waals surface area contributed by atoms with Crippen LogP contribution in [0.2, 0.25) is 0 Å². The molecule has 0 unspecified atom stereocenters. The summed E-state index contributed by atoms with van der Waals surface area (Å²) in [5.74, 6) is 0. The van der Waals surface area contributed by atoms with Crippen LogP contribution in [0.15, 0.2) is 0 Å². The summed E-state index contributed by atoms with van der Waals surface area (Å²) in [7, 11) is 0. The van der Waals surface area contributed by atoms with E-state index < -0.39 is 15.3 Å². The van der Waals surface area contributed by atoms with Crippen molar-refractivity contribution in [1.82, 2.24) is 0 Å². The van der Waals surface area contributed by atoms with Gasteiger partial charge < -0.3 is 46.0 Å². The third-order valence-corrected chi connectivity index (χ3v) is 0. The second kappa shape index (κ2) is 22.8. The molecule has 72 valence electrons. The molecular formula is MgN3NaO9. The molecule has 0 fully saturated rings. The van der Waals surface area contributed by atoms with Crippen LogP contribution in [0.5, 0.6) is 0 Å². The molecule has 0 rings (SSSR count). The Morgan fingerprint density at radius 3 is 0.571 bits per heavy atom. The quantitative estimate of drug-likeness (QED) is 0.226. The SMILES string of the molecule is O=[N+]([O-])[O-].O=[N+]([O-])[O-].O=[N+]([O-])[O-].[Mg+2].[Na+]. The van der Waals surface area contributed by atoms with E-state index in [-0.39, 0.29) is 52.6 Å². The van der Waals surface area contributed by atoms with E-state index in [2.05, 4.69) is 0 Å². The monoisotopic (exact) mass is 233 g/mol. The molecule has 0 aliphatic rings. The van der Waals surface area contributed by atoms with Gasteiger partial charge in [-0.05, 0) is 0 Å². The minimum atomic E-state index is -1.75. The second-order valence-electron chi connectivity index (χ2n) is 0.671. The Kier molecular flexibility index (Phi) is 47.6. The van der Waals surface area contributed by atoms with Crippen LogP contribution in [0.1, 0.15) is 0 Å². The van der Waals surface area contributed by atoms with Crippen molar-refractivity contribution in [3.63, 3.8) is 0 Å². The average Bonchev–Trinajstić information content (AvgIpc) is 1.54. The summed E-state index contributed by atoms with van der Waals surface area (Å²) in [6, 6.07) is 0. The normalized spacial score (nSPS) is 5.14. The Morgan fingerprint density at radius 2 is 0.571 bits per heavy atom. The number of rotatable bonds is 0. The number of hydrogen-bond donors (Lipinski definition) is 0. The zero-order valence-electron chi connectivity index (χ0n) is 6.72. The molecule has 0 radical (unpaired) electrons. The third kappa shape index (κ3) is 3040. The molecule has 0 aliphatic carbocycles. The molecule has 0 saturated carbocycles. The van der Waals surface area contributed by atoms with Gasteiger partial charge in [0.25, 0.3) is 0 Å². The van der Waals surface area contributed by atoms with Crippen molar-refractivity contribution in [1.29, 1.82) is 0 Å². The summed E-state index contributed by atoms with van der Waals surface area (Å²) >= 11 is 0. The van der Waals surface area contributed by atoms with E-state index in [1.807, 2.05) is 0 Å². The number of hydrogen-bond acceptors (Lipinski definition) is 9. The maximum atomic E-state index is 8.25. The van der Waals surface area contributed by atoms with Crippen LogP contribution in [0, 0.1) is 46.0 Å². The largest absolute Gasteiger partial charge is 2.00 e. The Bertz CT molecular complexity index is 118. The van der Waals surface area contributed by atoms with E-state index in [4.69, 9.17) is 46.0 Å². The van der Waals surface area contributed by atoms with Gasteiger partial charge in [0, 0.05) is 0 Å². The first kappa shape index (κ1) is 29.2. The predicted octanol–water partition coefficient (Wildman–Crippen LogP) is -4.09. The van der Waals surface area contributed by atoms with Gasteiger partial charge in [0.15, 0.2) is 0 Å². The molecule has 0 saturated heterocycles. The van der Waals surface area contributed by atoms with Crippen LogP contribution in [-0.4, -0.2) is 38.3 Å². The van der Waals surface area contributed by atoms with Gasteiger partial charge in [-0.3, -0.25) is 0 Å². The maximum absolute atomic E-state index is 8.25. The fourth-order valence-electron chi connectivity index (χ4n) is 0. The third-order valence-electron chi connectivity index (χ3n) is 0. The zero-order chi connectivity index (χ0) is 10.7. The Balaban J connectivity index is -0.0000000270. The molecule has 0 aromatic heterocycles. The first-order valence-electron chi connectivity index (χ1n) is 1.64. The van der Waals surface area contributed by atoms with Gasteiger partial charge in [-0.15, -0.1) is 0 Å². The van der Waals surface area contributed by atoms with Crippen molar-refractivity contribution in [3.05, 3.63) is 46.0 Å². The van der Waals surface area contributed by atoms with Gasteiger partial charge in [-0.2, -0.15) is 0 Å². The molecule has 0 atom stereocenters. The average molecular weight is 233 g/mol. The summed E-state index contributed by atoms with van der Waals surface area (Å²) < 4.78 is 0. The standard InChI is InChI=1S/Mg.3NO3.Na/c;3*2-1(3)4;/q+2;3*-1;+1. The van der Waals surface area contributed by atoms with Crippen LogP contribution in [0.25, 0.3) is 0 Å². The Hall–Kier alpha value is -0.634. The van der Waals surface area contributed by atoms with Crippen molar-refractivity contribution in [2.75, 3.05) is 0 Å². The molecule has 0 N–H and O–H groups in total. The first-order chi connectivity index (χ1) is 5.20. The van der Waals surface area contributed by atoms with Crippen LogP contribution in [0.3, 0.4) is 0 Å². The Morgan fingerprint density at radius 1 is 0.571 bits per heavy atom. The summed E-state index contributed by atoms with van der Waals surface area (Å²) in [6.07, 6.45) is 0. The predicted molar refractivity (Wildman–Crippen MR) is 36.8 cm³/mol. The van der Waals surface area contributed by atoms with Gasteiger partial charge in [0.2, 0.25) is 0 Å². The maximum Gasteiger partial charge on any atom is 2.00 e. The van der Waals surface area contributed by atoms with E-state index in [1.54, 1.807) is 0 Å². The smallest absolute Gasteiger partial charge is 0.356 e. The van der Waals surface area contributed by atoms with E-state index >= 15 is 0 Å². The van der Waals surface area contributed by atoms with Crippen molar-refractivity contribution in [2.24, 2.45) is 0 Å².